The van der Waals surface area contributed by atoms with Gasteiger partial charge in [-0.3, -0.25) is 9.59 Å². The highest BCUT2D eigenvalue weighted by atomic mass is 16.2. The van der Waals surface area contributed by atoms with E-state index >= 15 is 0 Å². The Morgan fingerprint density at radius 2 is 2.29 bits per heavy atom. The molecule has 1 aliphatic heterocycles. The number of nitrogens with zero attached hydrogens (tertiary/aromatic N) is 1. The number of likely N-dealkylation sites (N-methyl/N-ethyl adjacent to an activating group) is 1. The van der Waals surface area contributed by atoms with E-state index in [0.717, 1.165) is 29.7 Å². The van der Waals surface area contributed by atoms with Gasteiger partial charge >= 0.3 is 0 Å². The number of fused-ring (bicyclic) bond motifs is 1. The van der Waals surface area contributed by atoms with Crippen LogP contribution in [0.1, 0.15) is 29.8 Å². The smallest absolute Gasteiger partial charge is 0.253 e. The predicted molar refractivity (Wildman–Crippen MR) is 66.7 cm³/mol. The third kappa shape index (κ3) is 2.46. The Balaban J connectivity index is 0.00000162. The van der Waals surface area contributed by atoms with Crippen LogP contribution in [0.25, 0.3) is 0 Å². The van der Waals surface area contributed by atoms with Gasteiger partial charge in [0.05, 0.1) is 0 Å². The Hall–Kier alpha value is -1.84. The van der Waals surface area contributed by atoms with Crippen LogP contribution in [0.4, 0.5) is 0 Å². The summed E-state index contributed by atoms with van der Waals surface area (Å²) in [6, 6.07) is 5.83. The lowest BCUT2D eigenvalue weighted by Crippen LogP contribution is -2.34. The van der Waals surface area contributed by atoms with E-state index in [9.17, 15) is 9.59 Å². The third-order valence-corrected chi connectivity index (χ3v) is 3.01. The van der Waals surface area contributed by atoms with Crippen LogP contribution >= 0.6 is 0 Å². The Labute approximate surface area is 102 Å². The molecule has 1 N–H and O–H groups in total. The summed E-state index contributed by atoms with van der Waals surface area (Å²) in [7, 11) is 1.81. The summed E-state index contributed by atoms with van der Waals surface area (Å²) in [5.41, 5.74) is 2.82. The average Bonchev–Trinajstić information content (AvgIpc) is 2.31. The van der Waals surface area contributed by atoms with Crippen molar-refractivity contribution in [3.63, 3.8) is 0 Å². The van der Waals surface area contributed by atoms with Crippen molar-refractivity contribution in [2.24, 2.45) is 0 Å². The minimum absolute atomic E-state index is 0. The van der Waals surface area contributed by atoms with E-state index in [-0.39, 0.29) is 13.2 Å². The van der Waals surface area contributed by atoms with E-state index in [1.54, 1.807) is 4.90 Å². The molecule has 0 unspecified atom stereocenters. The predicted octanol–water partition coefficient (Wildman–Crippen LogP) is 1.20. The van der Waals surface area contributed by atoms with Crippen molar-refractivity contribution in [2.75, 3.05) is 13.6 Å². The SMILES string of the molecule is CC(=O)NCc1ccc2c(c1)C(=O)N(C)CC2.[HH]. The van der Waals surface area contributed by atoms with Gasteiger partial charge in [0.1, 0.15) is 0 Å². The number of nitrogens with one attached hydrogen (secondary N) is 1. The van der Waals surface area contributed by atoms with Gasteiger partial charge in [0, 0.05) is 34.1 Å². The summed E-state index contributed by atoms with van der Waals surface area (Å²) in [5, 5.41) is 2.73. The van der Waals surface area contributed by atoms with Crippen molar-refractivity contribution < 1.29 is 11.0 Å². The van der Waals surface area contributed by atoms with Crippen molar-refractivity contribution in [2.45, 2.75) is 19.9 Å². The fourth-order valence-corrected chi connectivity index (χ4v) is 1.97. The van der Waals surface area contributed by atoms with E-state index < -0.39 is 0 Å². The Kier molecular flexibility index (Phi) is 3.13. The van der Waals surface area contributed by atoms with Crippen molar-refractivity contribution in [1.82, 2.24) is 10.2 Å². The molecule has 0 aromatic heterocycles. The molecule has 4 nitrogen and oxygen atoms in total. The lowest BCUT2D eigenvalue weighted by molar-refractivity contribution is -0.119. The zero-order valence-electron chi connectivity index (χ0n) is 10.1. The van der Waals surface area contributed by atoms with E-state index in [2.05, 4.69) is 5.32 Å². The fourth-order valence-electron chi connectivity index (χ4n) is 1.97. The first-order valence-corrected chi connectivity index (χ1v) is 5.69. The van der Waals surface area contributed by atoms with Gasteiger partial charge in [0.25, 0.3) is 5.91 Å². The van der Waals surface area contributed by atoms with E-state index in [1.807, 2.05) is 25.2 Å². The Morgan fingerprint density at radius 3 is 3.00 bits per heavy atom. The minimum atomic E-state index is -0.0637. The van der Waals surface area contributed by atoms with E-state index in [4.69, 9.17) is 0 Å². The van der Waals surface area contributed by atoms with Crippen LogP contribution in [0.15, 0.2) is 18.2 Å². The third-order valence-electron chi connectivity index (χ3n) is 3.01. The fraction of sp³-hybridized carbons (Fsp3) is 0.385. The molecule has 0 radical (unpaired) electrons. The van der Waals surface area contributed by atoms with Gasteiger partial charge in [-0.2, -0.15) is 0 Å². The molecule has 0 atom stereocenters. The van der Waals surface area contributed by atoms with Gasteiger partial charge in [0.15, 0.2) is 0 Å². The molecular weight excluding hydrogens is 216 g/mol. The summed E-state index contributed by atoms with van der Waals surface area (Å²) in [6.07, 6.45) is 0.901. The molecule has 0 saturated heterocycles. The molecule has 1 aromatic rings. The maximum Gasteiger partial charge on any atom is 0.253 e. The second-order valence-electron chi connectivity index (χ2n) is 4.38. The summed E-state index contributed by atoms with van der Waals surface area (Å²) in [5.74, 6) is 0.00194. The largest absolute Gasteiger partial charge is 0.352 e. The zero-order chi connectivity index (χ0) is 12.4. The molecule has 1 aliphatic rings. The van der Waals surface area contributed by atoms with Crippen LogP contribution in [0.5, 0.6) is 0 Å². The number of carbonyl (C=O) groups is 2. The van der Waals surface area contributed by atoms with E-state index in [1.165, 1.54) is 6.92 Å². The summed E-state index contributed by atoms with van der Waals surface area (Å²) in [4.78, 5) is 24.5. The maximum atomic E-state index is 11.9. The number of carbonyl (C=O) groups excluding carboxylic acids is 2. The van der Waals surface area contributed by atoms with Gasteiger partial charge in [-0.25, -0.2) is 0 Å². The second-order valence-corrected chi connectivity index (χ2v) is 4.38. The molecule has 1 aromatic carbocycles. The normalized spacial score (nSPS) is 14.5. The van der Waals surface area contributed by atoms with Crippen LogP contribution in [0.3, 0.4) is 0 Å². The molecule has 0 bridgehead atoms. The monoisotopic (exact) mass is 234 g/mol. The lowest BCUT2D eigenvalue weighted by atomic mass is 9.97. The number of benzene rings is 1. The number of rotatable bonds is 2. The van der Waals surface area contributed by atoms with Crippen molar-refractivity contribution in [1.29, 1.82) is 0 Å². The molecule has 2 rings (SSSR count). The highest BCUT2D eigenvalue weighted by Gasteiger charge is 2.21. The molecule has 4 heteroatoms. The van der Waals surface area contributed by atoms with Gasteiger partial charge in [-0.05, 0) is 23.6 Å². The second kappa shape index (κ2) is 4.57. The zero-order valence-corrected chi connectivity index (χ0v) is 10.1. The standard InChI is InChI=1S/C13H16N2O2.H2/c1-9(16)14-8-10-3-4-11-5-6-15(2)13(17)12(11)7-10;/h3-4,7H,5-6,8H2,1-2H3,(H,14,16);1H. The van der Waals surface area contributed by atoms with E-state index in [0.29, 0.717) is 6.54 Å². The molecule has 0 aliphatic carbocycles. The highest BCUT2D eigenvalue weighted by molar-refractivity contribution is 5.96. The topological polar surface area (TPSA) is 49.4 Å². The molecule has 0 saturated carbocycles. The Morgan fingerprint density at radius 1 is 1.53 bits per heavy atom. The molecule has 0 spiro atoms. The number of hydrogen-bond acceptors (Lipinski definition) is 2. The maximum absolute atomic E-state index is 11.9. The summed E-state index contributed by atoms with van der Waals surface area (Å²) < 4.78 is 0. The van der Waals surface area contributed by atoms with Gasteiger partial charge in [-0.1, -0.05) is 12.1 Å². The van der Waals surface area contributed by atoms with Crippen LogP contribution in [0, 0.1) is 0 Å². The van der Waals surface area contributed by atoms with Gasteiger partial charge in [0.2, 0.25) is 5.91 Å². The summed E-state index contributed by atoms with van der Waals surface area (Å²) >= 11 is 0. The molecule has 17 heavy (non-hydrogen) atoms. The first-order valence-electron chi connectivity index (χ1n) is 5.69. The van der Waals surface area contributed by atoms with Gasteiger partial charge < -0.3 is 10.2 Å². The minimum Gasteiger partial charge on any atom is -0.352 e. The van der Waals surface area contributed by atoms with Crippen LogP contribution in [0.2, 0.25) is 0 Å². The van der Waals surface area contributed by atoms with Crippen molar-refractivity contribution >= 4 is 11.8 Å². The first-order chi connectivity index (χ1) is 8.08. The molecule has 2 amide bonds. The quantitative estimate of drug-likeness (QED) is 0.835. The number of hydrogen-bond donors (Lipinski definition) is 1. The average molecular weight is 234 g/mol. The van der Waals surface area contributed by atoms with Crippen LogP contribution in [-0.2, 0) is 17.8 Å². The molecular formula is C13H18N2O2. The van der Waals surface area contributed by atoms with Crippen molar-refractivity contribution in [3.8, 4) is 0 Å². The van der Waals surface area contributed by atoms with Crippen molar-refractivity contribution in [3.05, 3.63) is 34.9 Å². The number of amides is 2. The Bertz CT molecular complexity index is 474. The molecule has 1 heterocycles. The molecule has 0 fully saturated rings. The van der Waals surface area contributed by atoms with Gasteiger partial charge in [-0.15, -0.1) is 0 Å². The summed E-state index contributed by atoms with van der Waals surface area (Å²) in [6.45, 7) is 2.73. The first kappa shape index (κ1) is 11.6. The van der Waals surface area contributed by atoms with Crippen LogP contribution < -0.4 is 5.32 Å². The lowest BCUT2D eigenvalue weighted by Gasteiger charge is -2.25. The highest BCUT2D eigenvalue weighted by Crippen LogP contribution is 2.19. The molecule has 92 valence electrons. The van der Waals surface area contributed by atoms with Crippen LogP contribution in [-0.4, -0.2) is 30.3 Å².